The van der Waals surface area contributed by atoms with Gasteiger partial charge in [0.15, 0.2) is 0 Å². The van der Waals surface area contributed by atoms with E-state index in [0.29, 0.717) is 12.2 Å². The molecule has 0 radical (unpaired) electrons. The van der Waals surface area contributed by atoms with E-state index in [1.807, 2.05) is 5.43 Å². The Morgan fingerprint density at radius 3 is 2.36 bits per heavy atom. The molecule has 28 heavy (non-hydrogen) atoms. The molecule has 1 aromatic carbocycles. The Balaban J connectivity index is 2.00. The topological polar surface area (TPSA) is 131 Å². The van der Waals surface area contributed by atoms with Crippen LogP contribution in [0.2, 0.25) is 0 Å². The number of piperazine rings is 1. The molecule has 0 bridgehead atoms. The van der Waals surface area contributed by atoms with Crippen LogP contribution in [0.1, 0.15) is 19.3 Å². The Morgan fingerprint density at radius 2 is 1.79 bits per heavy atom. The van der Waals surface area contributed by atoms with Crippen LogP contribution in [-0.4, -0.2) is 69.8 Å². The molecule has 0 saturated carbocycles. The monoisotopic (exact) mass is 414 g/mol. The first kappa shape index (κ1) is 21.9. The van der Waals surface area contributed by atoms with Crippen molar-refractivity contribution in [3.63, 3.8) is 0 Å². The second kappa shape index (κ2) is 9.71. The first-order valence-electron chi connectivity index (χ1n) is 8.83. The number of amides is 2. The Kier molecular flexibility index (Phi) is 7.61. The molecule has 1 aromatic rings. The van der Waals surface area contributed by atoms with Gasteiger partial charge in [0, 0.05) is 45.1 Å². The molecule has 2 rings (SSSR count). The molecule has 3 N–H and O–H groups in total. The number of ether oxygens (including phenoxy) is 2. The molecule has 1 saturated heterocycles. The predicted octanol–water partition coefficient (Wildman–Crippen LogP) is -0.303. The third-order valence-electron chi connectivity index (χ3n) is 4.54. The molecule has 0 aliphatic carbocycles. The minimum Gasteiger partial charge on any atom is -0.497 e. The number of carbonyl (C=O) groups is 2. The second-order valence-corrected chi connectivity index (χ2v) is 8.13. The number of hydrogen-bond donors (Lipinski definition) is 2. The van der Waals surface area contributed by atoms with Gasteiger partial charge < -0.3 is 14.4 Å². The highest BCUT2D eigenvalue weighted by molar-refractivity contribution is 7.89. The number of hydrogen-bond acceptors (Lipinski definition) is 7. The average molecular weight is 414 g/mol. The van der Waals surface area contributed by atoms with Crippen LogP contribution in [0.4, 0.5) is 0 Å². The molecule has 0 atom stereocenters. The van der Waals surface area contributed by atoms with Crippen molar-refractivity contribution >= 4 is 21.8 Å². The van der Waals surface area contributed by atoms with Gasteiger partial charge in [-0.25, -0.2) is 14.3 Å². The summed E-state index contributed by atoms with van der Waals surface area (Å²) in [5.74, 6) is 5.21. The summed E-state index contributed by atoms with van der Waals surface area (Å²) in [6.45, 7) is 0.927. The Morgan fingerprint density at radius 1 is 1.11 bits per heavy atom. The number of rotatable bonds is 8. The van der Waals surface area contributed by atoms with E-state index in [1.165, 1.54) is 24.6 Å². The number of benzene rings is 1. The van der Waals surface area contributed by atoms with E-state index in [1.54, 1.807) is 17.0 Å². The van der Waals surface area contributed by atoms with Crippen molar-refractivity contribution in [2.45, 2.75) is 24.2 Å². The first-order valence-corrected chi connectivity index (χ1v) is 10.3. The lowest BCUT2D eigenvalue weighted by Gasteiger charge is -2.34. The summed E-state index contributed by atoms with van der Waals surface area (Å²) in [7, 11) is -0.931. The summed E-state index contributed by atoms with van der Waals surface area (Å²) in [4.78, 5) is 25.0. The molecule has 156 valence electrons. The van der Waals surface area contributed by atoms with Crippen LogP contribution in [0.25, 0.3) is 0 Å². The summed E-state index contributed by atoms with van der Waals surface area (Å²) in [5.41, 5.74) is 2.02. The molecule has 10 nitrogen and oxygen atoms in total. The first-order chi connectivity index (χ1) is 13.3. The van der Waals surface area contributed by atoms with Crippen LogP contribution >= 0.6 is 0 Å². The van der Waals surface area contributed by atoms with E-state index < -0.39 is 10.0 Å². The third kappa shape index (κ3) is 5.12. The normalized spacial score (nSPS) is 15.2. The van der Waals surface area contributed by atoms with Crippen LogP contribution < -0.4 is 20.7 Å². The summed E-state index contributed by atoms with van der Waals surface area (Å²) in [6.07, 6.45) is 0.775. The maximum Gasteiger partial charge on any atom is 0.247 e. The lowest BCUT2D eigenvalue weighted by molar-refractivity contribution is -0.132. The van der Waals surface area contributed by atoms with Gasteiger partial charge in [-0.2, -0.15) is 4.31 Å². The van der Waals surface area contributed by atoms with Crippen molar-refractivity contribution in [2.24, 2.45) is 5.84 Å². The Bertz CT molecular complexity index is 806. The number of hydrazine groups is 1. The number of sulfonamides is 1. The Hall–Kier alpha value is -2.37. The number of methoxy groups -OCH3 is 2. The molecule has 0 aromatic heterocycles. The molecule has 11 heteroatoms. The van der Waals surface area contributed by atoms with Gasteiger partial charge in [-0.15, -0.1) is 0 Å². The van der Waals surface area contributed by atoms with Gasteiger partial charge in [-0.1, -0.05) is 0 Å². The Labute approximate surface area is 164 Å². The van der Waals surface area contributed by atoms with E-state index in [2.05, 4.69) is 0 Å². The second-order valence-electron chi connectivity index (χ2n) is 6.22. The average Bonchev–Trinajstić information content (AvgIpc) is 2.72. The highest BCUT2D eigenvalue weighted by Gasteiger charge is 2.32. The van der Waals surface area contributed by atoms with Crippen molar-refractivity contribution in [1.82, 2.24) is 14.6 Å². The summed E-state index contributed by atoms with van der Waals surface area (Å²) < 4.78 is 37.7. The highest BCUT2D eigenvalue weighted by atomic mass is 32.2. The zero-order valence-corrected chi connectivity index (χ0v) is 16.8. The fourth-order valence-corrected chi connectivity index (χ4v) is 4.53. The molecule has 0 spiro atoms. The van der Waals surface area contributed by atoms with Gasteiger partial charge in [0.05, 0.1) is 14.2 Å². The number of nitrogens with one attached hydrogen (secondary N) is 1. The van der Waals surface area contributed by atoms with Crippen LogP contribution in [0.3, 0.4) is 0 Å². The minimum absolute atomic E-state index is 0.0296. The largest absolute Gasteiger partial charge is 0.497 e. The predicted molar refractivity (Wildman–Crippen MR) is 101 cm³/mol. The molecule has 1 aliphatic rings. The highest BCUT2D eigenvalue weighted by Crippen LogP contribution is 2.31. The lowest BCUT2D eigenvalue weighted by atomic mass is 10.2. The molecule has 2 amide bonds. The minimum atomic E-state index is -3.79. The summed E-state index contributed by atoms with van der Waals surface area (Å²) in [6, 6.07) is 4.59. The zero-order valence-electron chi connectivity index (χ0n) is 16.0. The fourth-order valence-electron chi connectivity index (χ4n) is 2.93. The van der Waals surface area contributed by atoms with Crippen molar-refractivity contribution in [3.05, 3.63) is 18.2 Å². The smallest absolute Gasteiger partial charge is 0.247 e. The number of nitrogens with zero attached hydrogens (tertiary/aromatic N) is 2. The van der Waals surface area contributed by atoms with Crippen molar-refractivity contribution < 1.29 is 27.5 Å². The molecule has 1 heterocycles. The van der Waals surface area contributed by atoms with Gasteiger partial charge in [0.1, 0.15) is 16.4 Å². The number of nitrogens with two attached hydrogens (primary N) is 1. The summed E-state index contributed by atoms with van der Waals surface area (Å²) in [5, 5.41) is 0. The van der Waals surface area contributed by atoms with Gasteiger partial charge in [0.25, 0.3) is 0 Å². The maximum atomic E-state index is 13.0. The zero-order chi connectivity index (χ0) is 20.7. The quantitative estimate of drug-likeness (QED) is 0.339. The molecular formula is C17H26N4O6S. The molecule has 1 aliphatic heterocycles. The van der Waals surface area contributed by atoms with Crippen LogP contribution in [0.15, 0.2) is 23.1 Å². The van der Waals surface area contributed by atoms with Crippen molar-refractivity contribution in [3.8, 4) is 11.5 Å². The van der Waals surface area contributed by atoms with Gasteiger partial charge in [-0.05, 0) is 18.6 Å². The van der Waals surface area contributed by atoms with Crippen LogP contribution in [-0.2, 0) is 19.6 Å². The van der Waals surface area contributed by atoms with Crippen molar-refractivity contribution in [2.75, 3.05) is 40.4 Å². The van der Waals surface area contributed by atoms with Gasteiger partial charge >= 0.3 is 0 Å². The fraction of sp³-hybridized carbons (Fsp3) is 0.529. The molecular weight excluding hydrogens is 388 g/mol. The number of carbonyl (C=O) groups excluding carboxylic acids is 2. The van der Waals surface area contributed by atoms with Crippen LogP contribution in [0, 0.1) is 0 Å². The molecule has 0 unspecified atom stereocenters. The summed E-state index contributed by atoms with van der Waals surface area (Å²) >= 11 is 0. The SMILES string of the molecule is COc1ccc(OC)c(S(=O)(=O)N2CCN(C(=O)CCCC(=O)NN)CC2)c1. The standard InChI is InChI=1S/C17H26N4O6S/c1-26-13-6-7-14(27-2)15(12-13)28(24,25)21-10-8-20(9-11-21)17(23)5-3-4-16(22)19-18/h6-7,12H,3-5,8-11,18H2,1-2H3,(H,19,22). The van der Waals surface area contributed by atoms with Gasteiger partial charge in [0.2, 0.25) is 21.8 Å². The van der Waals surface area contributed by atoms with E-state index in [0.717, 1.165) is 0 Å². The van der Waals surface area contributed by atoms with E-state index >= 15 is 0 Å². The lowest BCUT2D eigenvalue weighted by Crippen LogP contribution is -2.50. The van der Waals surface area contributed by atoms with E-state index in [9.17, 15) is 18.0 Å². The van der Waals surface area contributed by atoms with E-state index in [-0.39, 0.29) is 61.5 Å². The molecule has 1 fully saturated rings. The maximum absolute atomic E-state index is 13.0. The van der Waals surface area contributed by atoms with Crippen LogP contribution in [0.5, 0.6) is 11.5 Å². The van der Waals surface area contributed by atoms with Gasteiger partial charge in [-0.3, -0.25) is 15.0 Å². The third-order valence-corrected chi connectivity index (χ3v) is 6.46. The van der Waals surface area contributed by atoms with Crippen molar-refractivity contribution in [1.29, 1.82) is 0 Å². The van der Waals surface area contributed by atoms with E-state index in [4.69, 9.17) is 15.3 Å².